The summed E-state index contributed by atoms with van der Waals surface area (Å²) in [6, 6.07) is 8.31. The summed E-state index contributed by atoms with van der Waals surface area (Å²) in [7, 11) is 0. The van der Waals surface area contributed by atoms with Crippen LogP contribution in [0, 0.1) is 11.3 Å². The van der Waals surface area contributed by atoms with Crippen molar-refractivity contribution in [1.82, 2.24) is 9.88 Å². The minimum Gasteiger partial charge on any atom is -0.508 e. The lowest BCUT2D eigenvalue weighted by molar-refractivity contribution is -0.117. The Morgan fingerprint density at radius 1 is 1.44 bits per heavy atom. The van der Waals surface area contributed by atoms with Crippen LogP contribution >= 0.6 is 11.3 Å². The first kappa shape index (κ1) is 20.4. The minimum atomic E-state index is -0.899. The normalized spacial score (nSPS) is 13.2. The van der Waals surface area contributed by atoms with E-state index >= 15 is 0 Å². The van der Waals surface area contributed by atoms with Crippen molar-refractivity contribution >= 4 is 28.9 Å². The summed E-state index contributed by atoms with van der Waals surface area (Å²) in [5, 5.41) is 31.0. The third-order valence-corrected chi connectivity index (χ3v) is 4.92. The number of carbonyl (C=O) groups is 1. The number of aromatic hydroxyl groups is 1. The predicted molar refractivity (Wildman–Crippen MR) is 104 cm³/mol. The Morgan fingerprint density at radius 2 is 2.15 bits per heavy atom. The molecule has 0 aliphatic heterocycles. The van der Waals surface area contributed by atoms with E-state index in [1.807, 2.05) is 6.07 Å². The molecule has 0 unspecified atom stereocenters. The standard InChI is InChI=1S/C19H21N3O4S/c1-4-22-17(26)15(9-12-6-5-7-13(24)8-12)27-18(22)14(10-20)16(25)21-19(2,3)11-23/h5-9,23-24H,4,11H2,1-3H3,(H,21,25)/b15-9-,18-14-. The quantitative estimate of drug-likeness (QED) is 0.669. The number of phenolic OH excluding ortho intramolecular Hbond substituents is 1. The van der Waals surface area contributed by atoms with Crippen LogP contribution in [0.1, 0.15) is 26.3 Å². The van der Waals surface area contributed by atoms with E-state index in [1.165, 1.54) is 16.7 Å². The van der Waals surface area contributed by atoms with E-state index in [1.54, 1.807) is 39.0 Å². The van der Waals surface area contributed by atoms with Crippen molar-refractivity contribution in [1.29, 1.82) is 5.26 Å². The number of aliphatic hydroxyl groups is 1. The number of benzene rings is 1. The first-order valence-electron chi connectivity index (χ1n) is 8.30. The predicted octanol–water partition coefficient (Wildman–Crippen LogP) is 0.0255. The number of thiazole rings is 1. The van der Waals surface area contributed by atoms with Gasteiger partial charge in [0, 0.05) is 6.54 Å². The number of rotatable bonds is 5. The van der Waals surface area contributed by atoms with Crippen molar-refractivity contribution < 1.29 is 15.0 Å². The van der Waals surface area contributed by atoms with Crippen LogP contribution in [0.15, 0.2) is 29.1 Å². The van der Waals surface area contributed by atoms with Crippen molar-refractivity contribution in [3.63, 3.8) is 0 Å². The van der Waals surface area contributed by atoms with Gasteiger partial charge in [-0.05, 0) is 44.5 Å². The molecule has 2 rings (SSSR count). The highest BCUT2D eigenvalue weighted by Gasteiger charge is 2.23. The Labute approximate surface area is 160 Å². The largest absolute Gasteiger partial charge is 0.508 e. The highest BCUT2D eigenvalue weighted by Crippen LogP contribution is 2.11. The molecular formula is C19H21N3O4S. The van der Waals surface area contributed by atoms with E-state index in [0.717, 1.165) is 11.3 Å². The SMILES string of the molecule is CCn1c(=O)/c(=C/c2cccc(O)c2)s/c1=C(/C#N)C(=O)NC(C)(C)CO. The molecule has 0 atom stereocenters. The summed E-state index contributed by atoms with van der Waals surface area (Å²) in [5.74, 6) is -0.574. The Balaban J connectivity index is 2.69. The molecule has 142 valence electrons. The van der Waals surface area contributed by atoms with Crippen LogP contribution in [0.2, 0.25) is 0 Å². The lowest BCUT2D eigenvalue weighted by atomic mass is 10.1. The van der Waals surface area contributed by atoms with Gasteiger partial charge in [0.15, 0.2) is 5.57 Å². The van der Waals surface area contributed by atoms with E-state index in [-0.39, 0.29) is 28.2 Å². The molecule has 1 aromatic heterocycles. The van der Waals surface area contributed by atoms with Crippen LogP contribution in [0.25, 0.3) is 11.6 Å². The molecule has 0 bridgehead atoms. The number of hydrogen-bond acceptors (Lipinski definition) is 6. The summed E-state index contributed by atoms with van der Waals surface area (Å²) in [5.41, 5.74) is -0.768. The van der Waals surface area contributed by atoms with E-state index in [2.05, 4.69) is 5.32 Å². The summed E-state index contributed by atoms with van der Waals surface area (Å²) in [6.45, 7) is 5.00. The number of carbonyl (C=O) groups excluding carboxylic acids is 1. The van der Waals surface area contributed by atoms with E-state index in [0.29, 0.717) is 16.6 Å². The maximum absolute atomic E-state index is 12.7. The van der Waals surface area contributed by atoms with Gasteiger partial charge in [-0.3, -0.25) is 14.2 Å². The van der Waals surface area contributed by atoms with Gasteiger partial charge in [0.1, 0.15) is 16.5 Å². The van der Waals surface area contributed by atoms with Gasteiger partial charge >= 0.3 is 0 Å². The Bertz CT molecular complexity index is 1070. The van der Waals surface area contributed by atoms with Gasteiger partial charge in [-0.1, -0.05) is 12.1 Å². The van der Waals surface area contributed by atoms with Crippen molar-refractivity contribution in [2.75, 3.05) is 6.61 Å². The Hall–Kier alpha value is -2.89. The fourth-order valence-corrected chi connectivity index (χ4v) is 3.53. The molecule has 1 amide bonds. The minimum absolute atomic E-state index is 0.0752. The van der Waals surface area contributed by atoms with Gasteiger partial charge < -0.3 is 15.5 Å². The number of aromatic nitrogens is 1. The van der Waals surface area contributed by atoms with E-state index < -0.39 is 11.4 Å². The van der Waals surface area contributed by atoms with Crippen LogP contribution in [0.3, 0.4) is 0 Å². The molecule has 0 aliphatic rings. The molecule has 0 spiro atoms. The van der Waals surface area contributed by atoms with Gasteiger partial charge in [-0.15, -0.1) is 11.3 Å². The first-order valence-corrected chi connectivity index (χ1v) is 9.12. The summed E-state index contributed by atoms with van der Waals surface area (Å²) in [4.78, 5) is 25.2. The summed E-state index contributed by atoms with van der Waals surface area (Å²) < 4.78 is 1.96. The molecule has 0 saturated heterocycles. The van der Waals surface area contributed by atoms with Crippen molar-refractivity contribution in [3.05, 3.63) is 49.4 Å². The topological polar surface area (TPSA) is 115 Å². The maximum Gasteiger partial charge on any atom is 0.269 e. The highest BCUT2D eigenvalue weighted by atomic mass is 32.1. The number of phenols is 1. The monoisotopic (exact) mass is 387 g/mol. The zero-order chi connectivity index (χ0) is 20.2. The number of nitriles is 1. The average Bonchev–Trinajstić information content (AvgIpc) is 2.90. The number of hydrogen-bond donors (Lipinski definition) is 3. The smallest absolute Gasteiger partial charge is 0.269 e. The van der Waals surface area contributed by atoms with Gasteiger partial charge in [0.05, 0.1) is 16.7 Å². The number of nitrogens with zero attached hydrogens (tertiary/aromatic N) is 2. The zero-order valence-electron chi connectivity index (χ0n) is 15.3. The lowest BCUT2D eigenvalue weighted by Crippen LogP contribution is -2.47. The van der Waals surface area contributed by atoms with Crippen molar-refractivity contribution in [3.8, 4) is 11.8 Å². The molecule has 1 heterocycles. The van der Waals surface area contributed by atoms with Crippen LogP contribution < -0.4 is 20.1 Å². The van der Waals surface area contributed by atoms with Gasteiger partial charge in [-0.2, -0.15) is 5.26 Å². The first-order chi connectivity index (χ1) is 12.7. The van der Waals surface area contributed by atoms with Gasteiger partial charge in [0.25, 0.3) is 11.5 Å². The van der Waals surface area contributed by atoms with E-state index in [9.17, 15) is 25.1 Å². The maximum atomic E-state index is 12.7. The molecule has 2 aromatic rings. The molecule has 0 radical (unpaired) electrons. The Kier molecular flexibility index (Phi) is 6.20. The molecule has 0 aliphatic carbocycles. The molecule has 0 saturated carbocycles. The van der Waals surface area contributed by atoms with Gasteiger partial charge in [-0.25, -0.2) is 0 Å². The molecule has 0 fully saturated rings. The number of nitrogens with one attached hydrogen (secondary N) is 1. The zero-order valence-corrected chi connectivity index (χ0v) is 16.1. The molecule has 7 nitrogen and oxygen atoms in total. The molecule has 8 heteroatoms. The Morgan fingerprint density at radius 3 is 2.70 bits per heavy atom. The summed E-state index contributed by atoms with van der Waals surface area (Å²) in [6.07, 6.45) is 1.60. The van der Waals surface area contributed by atoms with Crippen LogP contribution in [-0.4, -0.2) is 32.8 Å². The lowest BCUT2D eigenvalue weighted by Gasteiger charge is -2.22. The molecular weight excluding hydrogens is 366 g/mol. The average molecular weight is 387 g/mol. The second kappa shape index (κ2) is 8.20. The van der Waals surface area contributed by atoms with Crippen LogP contribution in [-0.2, 0) is 11.3 Å². The fraction of sp³-hybridized carbons (Fsp3) is 0.316. The fourth-order valence-electron chi connectivity index (χ4n) is 2.36. The van der Waals surface area contributed by atoms with Crippen molar-refractivity contribution in [2.24, 2.45) is 0 Å². The van der Waals surface area contributed by atoms with Crippen LogP contribution in [0.4, 0.5) is 0 Å². The third kappa shape index (κ3) is 4.64. The second-order valence-corrected chi connectivity index (χ2v) is 7.57. The third-order valence-electron chi connectivity index (χ3n) is 3.79. The molecule has 1 aromatic carbocycles. The number of aliphatic hydroxyl groups excluding tert-OH is 1. The molecule has 27 heavy (non-hydrogen) atoms. The summed E-state index contributed by atoms with van der Waals surface area (Å²) >= 11 is 1.04. The van der Waals surface area contributed by atoms with E-state index in [4.69, 9.17) is 0 Å². The molecule has 3 N–H and O–H groups in total. The second-order valence-electron chi connectivity index (χ2n) is 6.54. The highest BCUT2D eigenvalue weighted by molar-refractivity contribution is 7.07. The number of amides is 1. The van der Waals surface area contributed by atoms with Crippen molar-refractivity contribution in [2.45, 2.75) is 32.9 Å². The van der Waals surface area contributed by atoms with Gasteiger partial charge in [0.2, 0.25) is 0 Å². The van der Waals surface area contributed by atoms with Crippen LogP contribution in [0.5, 0.6) is 5.75 Å².